The molecule has 24 heavy (non-hydrogen) atoms. The zero-order valence-corrected chi connectivity index (χ0v) is 12.9. The van der Waals surface area contributed by atoms with Crippen LogP contribution in [0.1, 0.15) is 17.0 Å². The van der Waals surface area contributed by atoms with Gasteiger partial charge in [0.15, 0.2) is 0 Å². The summed E-state index contributed by atoms with van der Waals surface area (Å²) < 4.78 is 1.81. The molecule has 0 fully saturated rings. The average molecular weight is 325 g/mol. The van der Waals surface area contributed by atoms with Gasteiger partial charge in [0.1, 0.15) is 18.2 Å². The van der Waals surface area contributed by atoms with Crippen molar-refractivity contribution in [1.29, 1.82) is 0 Å². The van der Waals surface area contributed by atoms with E-state index in [9.17, 15) is 9.59 Å². The Kier molecular flexibility index (Phi) is 3.26. The molecule has 2 amide bonds. The van der Waals surface area contributed by atoms with Gasteiger partial charge in [-0.15, -0.1) is 0 Å². The lowest BCUT2D eigenvalue weighted by atomic mass is 10.2. The molecule has 0 radical (unpaired) electrons. The maximum atomic E-state index is 12.8. The number of carbonyl (C=O) groups excluding carboxylic acids is 2. The highest BCUT2D eigenvalue weighted by molar-refractivity contribution is 6.05. The molecular formula is C15H15N7O2. The summed E-state index contributed by atoms with van der Waals surface area (Å²) in [4.78, 5) is 30.3. The van der Waals surface area contributed by atoms with E-state index in [2.05, 4.69) is 25.6 Å². The number of amides is 2. The van der Waals surface area contributed by atoms with Gasteiger partial charge < -0.3 is 5.32 Å². The van der Waals surface area contributed by atoms with E-state index < -0.39 is 11.9 Å². The minimum Gasteiger partial charge on any atom is -0.337 e. The Morgan fingerprint density at radius 1 is 1.38 bits per heavy atom. The first-order valence-electron chi connectivity index (χ1n) is 7.54. The topological polar surface area (TPSA) is 109 Å². The van der Waals surface area contributed by atoms with Crippen molar-refractivity contribution in [2.75, 3.05) is 11.9 Å². The van der Waals surface area contributed by atoms with Crippen LogP contribution in [-0.2, 0) is 11.3 Å². The number of fused-ring (bicyclic) bond motifs is 3. The number of rotatable bonds is 2. The lowest BCUT2D eigenvalue weighted by Crippen LogP contribution is -2.47. The summed E-state index contributed by atoms with van der Waals surface area (Å²) in [6, 6.07) is 7.03. The number of nitrogens with one attached hydrogen (secondary N) is 2. The number of benzene rings is 1. The molecule has 0 saturated heterocycles. The van der Waals surface area contributed by atoms with Gasteiger partial charge in [0.2, 0.25) is 5.82 Å². The smallest absolute Gasteiger partial charge is 0.289 e. The number of likely N-dealkylation sites (N-methyl/N-ethyl adjacent to an activating group) is 1. The second-order valence-electron chi connectivity index (χ2n) is 5.61. The van der Waals surface area contributed by atoms with Crippen molar-refractivity contribution < 1.29 is 9.59 Å². The minimum atomic E-state index is -0.645. The maximum Gasteiger partial charge on any atom is 0.289 e. The molecule has 1 aliphatic rings. The minimum absolute atomic E-state index is 0.0814. The first-order valence-corrected chi connectivity index (χ1v) is 7.54. The Labute approximate surface area is 136 Å². The van der Waals surface area contributed by atoms with E-state index >= 15 is 0 Å². The van der Waals surface area contributed by atoms with E-state index in [1.165, 1.54) is 6.33 Å². The molecule has 122 valence electrons. The van der Waals surface area contributed by atoms with Crippen LogP contribution in [0.3, 0.4) is 0 Å². The predicted molar refractivity (Wildman–Crippen MR) is 85.4 cm³/mol. The second-order valence-corrected chi connectivity index (χ2v) is 5.61. The number of anilines is 1. The number of aromatic nitrogens is 5. The lowest BCUT2D eigenvalue weighted by molar-refractivity contribution is -0.120. The third-order valence-corrected chi connectivity index (χ3v) is 4.13. The molecule has 9 nitrogen and oxygen atoms in total. The fourth-order valence-corrected chi connectivity index (χ4v) is 2.96. The molecule has 3 aromatic rings. The normalized spacial score (nSPS) is 17.6. The van der Waals surface area contributed by atoms with E-state index in [1.54, 1.807) is 11.9 Å². The molecule has 1 aliphatic heterocycles. The van der Waals surface area contributed by atoms with Crippen molar-refractivity contribution in [3.05, 3.63) is 36.4 Å². The summed E-state index contributed by atoms with van der Waals surface area (Å²) in [5.41, 5.74) is 0.844. The zero-order valence-electron chi connectivity index (χ0n) is 12.9. The molecule has 9 heteroatoms. The van der Waals surface area contributed by atoms with E-state index in [4.69, 9.17) is 0 Å². The van der Waals surface area contributed by atoms with E-state index in [-0.39, 0.29) is 11.7 Å². The first kappa shape index (κ1) is 14.4. The van der Waals surface area contributed by atoms with Crippen LogP contribution in [0.25, 0.3) is 10.9 Å². The van der Waals surface area contributed by atoms with Crippen LogP contribution in [0.5, 0.6) is 0 Å². The Hall–Kier alpha value is -3.23. The van der Waals surface area contributed by atoms with Crippen molar-refractivity contribution >= 4 is 28.5 Å². The number of aryl methyl sites for hydroxylation is 1. The molecule has 0 aliphatic carbocycles. The highest BCUT2D eigenvalue weighted by Gasteiger charge is 2.32. The summed E-state index contributed by atoms with van der Waals surface area (Å²) in [5.74, 6) is 0.181. The first-order chi connectivity index (χ1) is 11.6. The molecule has 2 N–H and O–H groups in total. The van der Waals surface area contributed by atoms with Crippen LogP contribution in [0.15, 0.2) is 30.6 Å². The maximum absolute atomic E-state index is 12.8. The van der Waals surface area contributed by atoms with E-state index in [0.717, 1.165) is 16.7 Å². The third kappa shape index (κ3) is 2.21. The summed E-state index contributed by atoms with van der Waals surface area (Å²) in [6.45, 7) is 0.529. The molecule has 0 bridgehead atoms. The highest BCUT2D eigenvalue weighted by atomic mass is 16.2. The van der Waals surface area contributed by atoms with Crippen LogP contribution < -0.4 is 10.2 Å². The van der Waals surface area contributed by atoms with Gasteiger partial charge >= 0.3 is 0 Å². The Balaban J connectivity index is 1.64. The summed E-state index contributed by atoms with van der Waals surface area (Å²) in [5, 5.41) is 14.3. The van der Waals surface area contributed by atoms with E-state index in [1.807, 2.05) is 28.9 Å². The lowest BCUT2D eigenvalue weighted by Gasteiger charge is -2.20. The Morgan fingerprint density at radius 2 is 2.21 bits per heavy atom. The highest BCUT2D eigenvalue weighted by Crippen LogP contribution is 2.29. The number of hydrogen-bond acceptors (Lipinski definition) is 5. The number of carbonyl (C=O) groups is 2. The van der Waals surface area contributed by atoms with Crippen molar-refractivity contribution in [3.63, 3.8) is 0 Å². The van der Waals surface area contributed by atoms with Crippen molar-refractivity contribution in [2.45, 2.75) is 19.0 Å². The van der Waals surface area contributed by atoms with Gasteiger partial charge in [0.25, 0.3) is 11.8 Å². The number of hydrogen-bond donors (Lipinski definition) is 2. The SMILES string of the molecule is CN1C(=O)C(NC(=O)c2ncn[nH]2)CCn2nc3ccccc3c21. The summed E-state index contributed by atoms with van der Waals surface area (Å²) in [6.07, 6.45) is 1.70. The van der Waals surface area contributed by atoms with Gasteiger partial charge in [-0.25, -0.2) is 9.67 Å². The van der Waals surface area contributed by atoms with Gasteiger partial charge in [0, 0.05) is 19.0 Å². The molecule has 3 heterocycles. The molecule has 0 spiro atoms. The van der Waals surface area contributed by atoms with E-state index in [0.29, 0.717) is 13.0 Å². The van der Waals surface area contributed by atoms with Crippen LogP contribution in [0.4, 0.5) is 5.82 Å². The quantitative estimate of drug-likeness (QED) is 0.705. The molecular weight excluding hydrogens is 310 g/mol. The predicted octanol–water partition coefficient (Wildman–Crippen LogP) is 0.319. The van der Waals surface area contributed by atoms with Crippen LogP contribution >= 0.6 is 0 Å². The second kappa shape index (κ2) is 5.44. The molecule has 1 unspecified atom stereocenters. The molecule has 0 saturated carbocycles. The van der Waals surface area contributed by atoms with Crippen molar-refractivity contribution in [3.8, 4) is 0 Å². The number of aromatic amines is 1. The Bertz CT molecular complexity index is 915. The average Bonchev–Trinajstić information content (AvgIpc) is 3.22. The van der Waals surface area contributed by atoms with Crippen molar-refractivity contribution in [1.82, 2.24) is 30.3 Å². The summed E-state index contributed by atoms with van der Waals surface area (Å²) in [7, 11) is 1.70. The number of nitrogens with zero attached hydrogens (tertiary/aromatic N) is 5. The monoisotopic (exact) mass is 325 g/mol. The number of H-pyrrole nitrogens is 1. The molecule has 1 aromatic carbocycles. The molecule has 1 atom stereocenters. The standard InChI is InChI=1S/C15H15N7O2/c1-21-14-9-4-2-3-5-10(9)20-22(14)7-6-11(15(21)24)18-13(23)12-16-8-17-19-12/h2-5,8,11H,6-7H2,1H3,(H,18,23)(H,16,17,19). The fraction of sp³-hybridized carbons (Fsp3) is 0.267. The molecule has 2 aromatic heterocycles. The van der Waals surface area contributed by atoms with Gasteiger partial charge in [-0.2, -0.15) is 10.2 Å². The van der Waals surface area contributed by atoms with Gasteiger partial charge in [0.05, 0.1) is 5.52 Å². The van der Waals surface area contributed by atoms with Crippen molar-refractivity contribution in [2.24, 2.45) is 0 Å². The summed E-state index contributed by atoms with van der Waals surface area (Å²) >= 11 is 0. The largest absolute Gasteiger partial charge is 0.337 e. The Morgan fingerprint density at radius 3 is 3.00 bits per heavy atom. The molecule has 4 rings (SSSR count). The zero-order chi connectivity index (χ0) is 16.7. The fourth-order valence-electron chi connectivity index (χ4n) is 2.96. The van der Waals surface area contributed by atoms with Crippen LogP contribution in [0.2, 0.25) is 0 Å². The van der Waals surface area contributed by atoms with Crippen LogP contribution in [-0.4, -0.2) is 49.9 Å². The third-order valence-electron chi connectivity index (χ3n) is 4.13. The van der Waals surface area contributed by atoms with Crippen LogP contribution in [0, 0.1) is 0 Å². The van der Waals surface area contributed by atoms with Gasteiger partial charge in [-0.1, -0.05) is 12.1 Å². The van der Waals surface area contributed by atoms with Gasteiger partial charge in [-0.3, -0.25) is 19.6 Å². The van der Waals surface area contributed by atoms with Gasteiger partial charge in [-0.05, 0) is 18.6 Å².